The number of carbonyl (C=O) groups excluding carboxylic acids is 2. The van der Waals surface area contributed by atoms with Crippen LogP contribution in [0.25, 0.3) is 0 Å². The summed E-state index contributed by atoms with van der Waals surface area (Å²) in [5, 5.41) is 2.90. The van der Waals surface area contributed by atoms with Crippen LogP contribution >= 0.6 is 0 Å². The summed E-state index contributed by atoms with van der Waals surface area (Å²) in [5.74, 6) is 0.827. The SMILES string of the molecule is CCCOc1ccc(C(=O)Nc2ccccc2C(=O)N2CCCCC2)cc1OCC. The molecular formula is C24H30N2O4. The summed E-state index contributed by atoms with van der Waals surface area (Å²) in [6, 6.07) is 12.3. The Morgan fingerprint density at radius 3 is 2.47 bits per heavy atom. The third-order valence-electron chi connectivity index (χ3n) is 5.02. The Morgan fingerprint density at radius 2 is 1.73 bits per heavy atom. The maximum Gasteiger partial charge on any atom is 0.255 e. The van der Waals surface area contributed by atoms with Gasteiger partial charge in [0, 0.05) is 18.7 Å². The summed E-state index contributed by atoms with van der Waals surface area (Å²) in [6.45, 7) is 6.50. The minimum absolute atomic E-state index is 0.0380. The zero-order valence-corrected chi connectivity index (χ0v) is 17.8. The number of rotatable bonds is 8. The maximum absolute atomic E-state index is 13.0. The van der Waals surface area contributed by atoms with Crippen molar-refractivity contribution in [1.82, 2.24) is 4.90 Å². The number of para-hydroxylation sites is 1. The Hall–Kier alpha value is -3.02. The van der Waals surface area contributed by atoms with E-state index >= 15 is 0 Å². The molecule has 0 unspecified atom stereocenters. The molecular weight excluding hydrogens is 380 g/mol. The average Bonchev–Trinajstić information content (AvgIpc) is 2.79. The summed E-state index contributed by atoms with van der Waals surface area (Å²) < 4.78 is 11.4. The van der Waals surface area contributed by atoms with Crippen molar-refractivity contribution in [3.63, 3.8) is 0 Å². The van der Waals surface area contributed by atoms with Gasteiger partial charge in [-0.3, -0.25) is 9.59 Å². The van der Waals surface area contributed by atoms with Gasteiger partial charge in [0.25, 0.3) is 11.8 Å². The highest BCUT2D eigenvalue weighted by atomic mass is 16.5. The number of likely N-dealkylation sites (tertiary alicyclic amines) is 1. The topological polar surface area (TPSA) is 67.9 Å². The third kappa shape index (κ3) is 5.32. The van der Waals surface area contributed by atoms with Crippen molar-refractivity contribution in [2.75, 3.05) is 31.6 Å². The highest BCUT2D eigenvalue weighted by Gasteiger charge is 2.21. The minimum atomic E-state index is -0.295. The van der Waals surface area contributed by atoms with E-state index in [9.17, 15) is 9.59 Å². The monoisotopic (exact) mass is 410 g/mol. The number of amides is 2. The van der Waals surface area contributed by atoms with Crippen molar-refractivity contribution in [2.45, 2.75) is 39.5 Å². The lowest BCUT2D eigenvalue weighted by atomic mass is 10.1. The van der Waals surface area contributed by atoms with Crippen molar-refractivity contribution in [3.8, 4) is 11.5 Å². The number of benzene rings is 2. The summed E-state index contributed by atoms with van der Waals surface area (Å²) >= 11 is 0. The van der Waals surface area contributed by atoms with Crippen molar-refractivity contribution in [3.05, 3.63) is 53.6 Å². The summed E-state index contributed by atoms with van der Waals surface area (Å²) in [4.78, 5) is 27.7. The van der Waals surface area contributed by atoms with E-state index in [4.69, 9.17) is 9.47 Å². The lowest BCUT2D eigenvalue weighted by Gasteiger charge is -2.27. The normalized spacial score (nSPS) is 13.6. The first kappa shape index (κ1) is 21.7. The second-order valence-corrected chi connectivity index (χ2v) is 7.30. The van der Waals surface area contributed by atoms with Gasteiger partial charge in [-0.2, -0.15) is 0 Å². The largest absolute Gasteiger partial charge is 0.490 e. The van der Waals surface area contributed by atoms with Gasteiger partial charge in [-0.1, -0.05) is 19.1 Å². The lowest BCUT2D eigenvalue weighted by Crippen LogP contribution is -2.36. The van der Waals surface area contributed by atoms with Gasteiger partial charge in [0.05, 0.1) is 24.5 Å². The molecule has 6 heteroatoms. The van der Waals surface area contributed by atoms with Crippen LogP contribution in [0.5, 0.6) is 11.5 Å². The number of nitrogens with one attached hydrogen (secondary N) is 1. The van der Waals surface area contributed by atoms with Crippen LogP contribution in [0.1, 0.15) is 60.2 Å². The van der Waals surface area contributed by atoms with Gasteiger partial charge < -0.3 is 19.7 Å². The van der Waals surface area contributed by atoms with Crippen molar-refractivity contribution < 1.29 is 19.1 Å². The highest BCUT2D eigenvalue weighted by Crippen LogP contribution is 2.29. The number of carbonyl (C=O) groups is 2. The van der Waals surface area contributed by atoms with E-state index in [-0.39, 0.29) is 11.8 Å². The molecule has 0 atom stereocenters. The Bertz CT molecular complexity index is 875. The molecule has 0 radical (unpaired) electrons. The van der Waals surface area contributed by atoms with E-state index in [1.807, 2.05) is 30.9 Å². The predicted molar refractivity (Wildman–Crippen MR) is 118 cm³/mol. The van der Waals surface area contributed by atoms with Crippen molar-refractivity contribution in [1.29, 1.82) is 0 Å². The molecule has 6 nitrogen and oxygen atoms in total. The number of ether oxygens (including phenoxy) is 2. The number of anilines is 1. The summed E-state index contributed by atoms with van der Waals surface area (Å²) in [6.07, 6.45) is 4.08. The number of nitrogens with zero attached hydrogens (tertiary/aromatic N) is 1. The first-order chi connectivity index (χ1) is 14.6. The van der Waals surface area contributed by atoms with Crippen LogP contribution in [-0.4, -0.2) is 43.0 Å². The van der Waals surface area contributed by atoms with E-state index in [1.165, 1.54) is 0 Å². The molecule has 0 aliphatic carbocycles. The van der Waals surface area contributed by atoms with Gasteiger partial charge in [-0.05, 0) is 62.9 Å². The third-order valence-corrected chi connectivity index (χ3v) is 5.02. The number of hydrogen-bond acceptors (Lipinski definition) is 4. The first-order valence-electron chi connectivity index (χ1n) is 10.7. The molecule has 1 heterocycles. The van der Waals surface area contributed by atoms with Crippen LogP contribution in [0.2, 0.25) is 0 Å². The smallest absolute Gasteiger partial charge is 0.255 e. The fraction of sp³-hybridized carbons (Fsp3) is 0.417. The average molecular weight is 411 g/mol. The Kier molecular flexibility index (Phi) is 7.71. The van der Waals surface area contributed by atoms with E-state index in [2.05, 4.69) is 5.32 Å². The van der Waals surface area contributed by atoms with Crippen LogP contribution in [0.15, 0.2) is 42.5 Å². The fourth-order valence-electron chi connectivity index (χ4n) is 3.49. The van der Waals surface area contributed by atoms with Crippen LogP contribution in [0.3, 0.4) is 0 Å². The molecule has 3 rings (SSSR count). The van der Waals surface area contributed by atoms with E-state index in [1.54, 1.807) is 30.3 Å². The van der Waals surface area contributed by atoms with E-state index in [0.29, 0.717) is 41.5 Å². The molecule has 1 N–H and O–H groups in total. The molecule has 30 heavy (non-hydrogen) atoms. The van der Waals surface area contributed by atoms with E-state index in [0.717, 1.165) is 38.8 Å². The summed E-state index contributed by atoms with van der Waals surface area (Å²) in [5.41, 5.74) is 1.48. The van der Waals surface area contributed by atoms with Crippen LogP contribution < -0.4 is 14.8 Å². The maximum atomic E-state index is 13.0. The molecule has 1 fully saturated rings. The molecule has 2 amide bonds. The molecule has 0 bridgehead atoms. The molecule has 2 aromatic carbocycles. The second kappa shape index (κ2) is 10.7. The number of piperidine rings is 1. The zero-order chi connectivity index (χ0) is 21.3. The van der Waals surface area contributed by atoms with Gasteiger partial charge in [0.1, 0.15) is 0 Å². The van der Waals surface area contributed by atoms with Gasteiger partial charge in [-0.15, -0.1) is 0 Å². The summed E-state index contributed by atoms with van der Waals surface area (Å²) in [7, 11) is 0. The van der Waals surface area contributed by atoms with Crippen LogP contribution in [-0.2, 0) is 0 Å². The molecule has 0 saturated carbocycles. The van der Waals surface area contributed by atoms with Gasteiger partial charge in [0.2, 0.25) is 0 Å². The molecule has 1 saturated heterocycles. The molecule has 1 aliphatic heterocycles. The van der Waals surface area contributed by atoms with E-state index < -0.39 is 0 Å². The molecule has 1 aliphatic rings. The molecule has 0 aromatic heterocycles. The first-order valence-corrected chi connectivity index (χ1v) is 10.7. The minimum Gasteiger partial charge on any atom is -0.490 e. The predicted octanol–water partition coefficient (Wildman–Crippen LogP) is 4.75. The second-order valence-electron chi connectivity index (χ2n) is 7.30. The van der Waals surface area contributed by atoms with Crippen LogP contribution in [0.4, 0.5) is 5.69 Å². The Morgan fingerprint density at radius 1 is 0.967 bits per heavy atom. The zero-order valence-electron chi connectivity index (χ0n) is 17.8. The molecule has 160 valence electrons. The molecule has 2 aromatic rings. The lowest BCUT2D eigenvalue weighted by molar-refractivity contribution is 0.0725. The standard InChI is InChI=1S/C24H30N2O4/c1-3-16-30-21-13-12-18(17-22(21)29-4-2)23(27)25-20-11-7-6-10-19(20)24(28)26-14-8-5-9-15-26/h6-7,10-13,17H,3-5,8-9,14-16H2,1-2H3,(H,25,27). The Labute approximate surface area is 178 Å². The quantitative estimate of drug-likeness (QED) is 0.682. The van der Waals surface area contributed by atoms with Gasteiger partial charge >= 0.3 is 0 Å². The number of hydrogen-bond donors (Lipinski definition) is 1. The van der Waals surface area contributed by atoms with Gasteiger partial charge in [0.15, 0.2) is 11.5 Å². The van der Waals surface area contributed by atoms with Crippen molar-refractivity contribution >= 4 is 17.5 Å². The fourth-order valence-corrected chi connectivity index (χ4v) is 3.49. The highest BCUT2D eigenvalue weighted by molar-refractivity contribution is 6.09. The van der Waals surface area contributed by atoms with Gasteiger partial charge in [-0.25, -0.2) is 0 Å². The molecule has 0 spiro atoms. The Balaban J connectivity index is 1.79. The van der Waals surface area contributed by atoms with Crippen molar-refractivity contribution in [2.24, 2.45) is 0 Å². The van der Waals surface area contributed by atoms with Crippen LogP contribution in [0, 0.1) is 0 Å².